The zero-order chi connectivity index (χ0) is 15.1. The molecule has 5 heteroatoms. The number of carbonyl (C=O) groups is 1. The average molecular weight is 281 g/mol. The van der Waals surface area contributed by atoms with Crippen molar-refractivity contribution in [2.45, 2.75) is 6.92 Å². The number of carbonyl (C=O) groups excluding carboxylic acids is 1. The number of benzene rings is 2. The molecule has 0 aliphatic rings. The molecule has 0 aromatic heterocycles. The molecule has 0 heterocycles. The van der Waals surface area contributed by atoms with E-state index in [2.05, 4.69) is 15.7 Å². The van der Waals surface area contributed by atoms with Gasteiger partial charge in [-0.2, -0.15) is 10.0 Å². The first kappa shape index (κ1) is 14.6. The van der Waals surface area contributed by atoms with E-state index in [1.165, 1.54) is 0 Å². The van der Waals surface area contributed by atoms with Crippen LogP contribution in [0.25, 0.3) is 0 Å². The van der Waals surface area contributed by atoms with Gasteiger partial charge in [0.15, 0.2) is 0 Å². The quantitative estimate of drug-likeness (QED) is 0.520. The molecule has 0 saturated carbocycles. The molecule has 0 spiro atoms. The van der Waals surface area contributed by atoms with E-state index in [1.807, 2.05) is 43.3 Å². The molecule has 106 valence electrons. The predicted octanol–water partition coefficient (Wildman–Crippen LogP) is 2.90. The first-order valence-corrected chi connectivity index (χ1v) is 6.49. The molecule has 1 N–H and O–H groups in total. The number of hydrogen-bond donors (Lipinski definition) is 1. The van der Waals surface area contributed by atoms with Gasteiger partial charge >= 0.3 is 0 Å². The Labute approximate surface area is 122 Å². The van der Waals surface area contributed by atoms with E-state index in [4.69, 9.17) is 0 Å². The molecule has 2 aromatic rings. The van der Waals surface area contributed by atoms with E-state index in [0.717, 1.165) is 11.1 Å². The number of amides is 1. The Bertz CT molecular complexity index is 666. The molecule has 2 aromatic carbocycles. The first-order chi connectivity index (χ1) is 10.2. The molecular weight excluding hydrogens is 266 g/mol. The second-order valence-corrected chi connectivity index (χ2v) is 4.52. The number of aryl methyl sites for hydroxylation is 1. The third-order valence-electron chi connectivity index (χ3n) is 2.89. The Morgan fingerprint density at radius 1 is 1.05 bits per heavy atom. The summed E-state index contributed by atoms with van der Waals surface area (Å²) in [4.78, 5) is 22.5. The number of nitrogens with zero attached hydrogens (tertiary/aromatic N) is 2. The Hall–Kier alpha value is -2.82. The molecule has 0 aliphatic heterocycles. The number of rotatable bonds is 5. The van der Waals surface area contributed by atoms with Crippen molar-refractivity contribution in [1.82, 2.24) is 5.43 Å². The molecule has 0 unspecified atom stereocenters. The first-order valence-electron chi connectivity index (χ1n) is 6.49. The van der Waals surface area contributed by atoms with E-state index < -0.39 is 0 Å². The van der Waals surface area contributed by atoms with Gasteiger partial charge in [-0.1, -0.05) is 53.2 Å². The standard InChI is InChI=1S/C16H15N3O2/c1-12-6-5-9-14(10-12)16(20)19-18-15(11-17-21)13-7-3-2-4-8-13/h2-10H,11H2,1H3,(H,19,20). The molecule has 2 rings (SSSR count). The van der Waals surface area contributed by atoms with Gasteiger partial charge in [0.2, 0.25) is 0 Å². The highest BCUT2D eigenvalue weighted by Gasteiger charge is 2.07. The molecule has 1 amide bonds. The van der Waals surface area contributed by atoms with Crippen LogP contribution in [0.3, 0.4) is 0 Å². The number of hydrazone groups is 1. The Morgan fingerprint density at radius 2 is 1.76 bits per heavy atom. The third kappa shape index (κ3) is 4.07. The average Bonchev–Trinajstić information content (AvgIpc) is 2.52. The van der Waals surface area contributed by atoms with Gasteiger partial charge in [0.1, 0.15) is 6.54 Å². The molecule has 0 saturated heterocycles. The summed E-state index contributed by atoms with van der Waals surface area (Å²) in [6.07, 6.45) is 0. The van der Waals surface area contributed by atoms with Crippen LogP contribution in [-0.2, 0) is 0 Å². The third-order valence-corrected chi connectivity index (χ3v) is 2.89. The fourth-order valence-electron chi connectivity index (χ4n) is 1.85. The van der Waals surface area contributed by atoms with Crippen molar-refractivity contribution >= 4 is 11.6 Å². The maximum Gasteiger partial charge on any atom is 0.271 e. The second kappa shape index (κ2) is 7.09. The van der Waals surface area contributed by atoms with Crippen LogP contribution >= 0.6 is 0 Å². The van der Waals surface area contributed by atoms with Crippen LogP contribution in [0.1, 0.15) is 21.5 Å². The molecule has 0 bridgehead atoms. The Balaban J connectivity index is 2.16. The minimum atomic E-state index is -0.321. The molecular formula is C16H15N3O2. The molecule has 0 radical (unpaired) electrons. The summed E-state index contributed by atoms with van der Waals surface area (Å²) < 4.78 is 0. The van der Waals surface area contributed by atoms with E-state index in [1.54, 1.807) is 18.2 Å². The normalized spacial score (nSPS) is 11.0. The maximum atomic E-state index is 12.0. The molecule has 0 atom stereocenters. The van der Waals surface area contributed by atoms with Gasteiger partial charge in [-0.25, -0.2) is 5.43 Å². The summed E-state index contributed by atoms with van der Waals surface area (Å²) in [6, 6.07) is 16.3. The summed E-state index contributed by atoms with van der Waals surface area (Å²) in [5, 5.41) is 6.86. The lowest BCUT2D eigenvalue weighted by molar-refractivity contribution is 0.0954. The summed E-state index contributed by atoms with van der Waals surface area (Å²) in [5.74, 6) is -0.321. The smallest absolute Gasteiger partial charge is 0.267 e. The van der Waals surface area contributed by atoms with E-state index in [0.29, 0.717) is 11.3 Å². The van der Waals surface area contributed by atoms with Crippen LogP contribution < -0.4 is 5.43 Å². The fraction of sp³-hybridized carbons (Fsp3) is 0.125. The summed E-state index contributed by atoms with van der Waals surface area (Å²) in [7, 11) is 0. The van der Waals surface area contributed by atoms with Crippen LogP contribution in [0.15, 0.2) is 64.9 Å². The Kier molecular flexibility index (Phi) is 4.93. The lowest BCUT2D eigenvalue weighted by Crippen LogP contribution is -2.21. The predicted molar refractivity (Wildman–Crippen MR) is 82.3 cm³/mol. The van der Waals surface area contributed by atoms with Gasteiger partial charge in [-0.15, -0.1) is 0 Å². The highest BCUT2D eigenvalue weighted by atomic mass is 16.3. The van der Waals surface area contributed by atoms with Crippen molar-refractivity contribution in [2.24, 2.45) is 10.3 Å². The molecule has 0 aliphatic carbocycles. The lowest BCUT2D eigenvalue weighted by Gasteiger charge is -2.05. The van der Waals surface area contributed by atoms with Crippen LogP contribution in [0, 0.1) is 11.8 Å². The minimum absolute atomic E-state index is 0.0991. The van der Waals surface area contributed by atoms with E-state index in [9.17, 15) is 9.70 Å². The van der Waals surface area contributed by atoms with Gasteiger partial charge in [0.25, 0.3) is 5.91 Å². The van der Waals surface area contributed by atoms with Crippen LogP contribution in [0.2, 0.25) is 0 Å². The molecule has 5 nitrogen and oxygen atoms in total. The summed E-state index contributed by atoms with van der Waals surface area (Å²) in [6.45, 7) is 1.81. The van der Waals surface area contributed by atoms with E-state index >= 15 is 0 Å². The van der Waals surface area contributed by atoms with E-state index in [-0.39, 0.29) is 12.5 Å². The van der Waals surface area contributed by atoms with Crippen molar-refractivity contribution in [1.29, 1.82) is 0 Å². The number of nitroso groups, excluding NO2 is 1. The monoisotopic (exact) mass is 281 g/mol. The summed E-state index contributed by atoms with van der Waals surface area (Å²) >= 11 is 0. The second-order valence-electron chi connectivity index (χ2n) is 4.52. The van der Waals surface area contributed by atoms with Crippen molar-refractivity contribution < 1.29 is 4.79 Å². The lowest BCUT2D eigenvalue weighted by atomic mass is 10.1. The maximum absolute atomic E-state index is 12.0. The van der Waals surface area contributed by atoms with Crippen LogP contribution in [0.4, 0.5) is 0 Å². The van der Waals surface area contributed by atoms with Gasteiger partial charge in [0.05, 0.1) is 5.71 Å². The van der Waals surface area contributed by atoms with Gasteiger partial charge in [0, 0.05) is 5.56 Å². The minimum Gasteiger partial charge on any atom is -0.267 e. The van der Waals surface area contributed by atoms with Gasteiger partial charge in [-0.3, -0.25) is 4.79 Å². The van der Waals surface area contributed by atoms with Gasteiger partial charge in [-0.05, 0) is 24.6 Å². The van der Waals surface area contributed by atoms with Gasteiger partial charge < -0.3 is 0 Å². The highest BCUT2D eigenvalue weighted by molar-refractivity contribution is 6.03. The molecule has 0 fully saturated rings. The SMILES string of the molecule is Cc1cccc(C(=O)NN=C(CN=O)c2ccccc2)c1. The van der Waals surface area contributed by atoms with Crippen molar-refractivity contribution in [2.75, 3.05) is 6.54 Å². The van der Waals surface area contributed by atoms with Crippen LogP contribution in [0.5, 0.6) is 0 Å². The summed E-state index contributed by atoms with van der Waals surface area (Å²) in [5.41, 5.74) is 5.14. The molecule has 21 heavy (non-hydrogen) atoms. The fourth-order valence-corrected chi connectivity index (χ4v) is 1.85. The van der Waals surface area contributed by atoms with Crippen molar-refractivity contribution in [3.05, 3.63) is 76.2 Å². The zero-order valence-corrected chi connectivity index (χ0v) is 11.6. The van der Waals surface area contributed by atoms with Crippen LogP contribution in [-0.4, -0.2) is 18.2 Å². The number of hydrogen-bond acceptors (Lipinski definition) is 4. The Morgan fingerprint density at radius 3 is 2.43 bits per heavy atom. The number of nitrogens with one attached hydrogen (secondary N) is 1. The van der Waals surface area contributed by atoms with Crippen molar-refractivity contribution in [3.8, 4) is 0 Å². The largest absolute Gasteiger partial charge is 0.271 e. The highest BCUT2D eigenvalue weighted by Crippen LogP contribution is 2.05. The topological polar surface area (TPSA) is 70.9 Å². The zero-order valence-electron chi connectivity index (χ0n) is 11.6. The van der Waals surface area contributed by atoms with Crippen molar-refractivity contribution in [3.63, 3.8) is 0 Å².